The van der Waals surface area contributed by atoms with Crippen LogP contribution in [-0.4, -0.2) is 30.9 Å². The fourth-order valence-electron chi connectivity index (χ4n) is 5.03. The second-order valence-electron chi connectivity index (χ2n) is 9.30. The highest BCUT2D eigenvalue weighted by Crippen LogP contribution is 2.30. The summed E-state index contributed by atoms with van der Waals surface area (Å²) in [5.74, 6) is -0.685. The number of carbonyl (C=O) groups excluding carboxylic acids is 3. The fraction of sp³-hybridized carbons (Fsp3) is 0.276. The summed E-state index contributed by atoms with van der Waals surface area (Å²) in [6.45, 7) is 0.548. The molecule has 36 heavy (non-hydrogen) atoms. The van der Waals surface area contributed by atoms with Crippen molar-refractivity contribution in [2.75, 3.05) is 12.4 Å². The van der Waals surface area contributed by atoms with E-state index in [4.69, 9.17) is 0 Å². The highest BCUT2D eigenvalue weighted by atomic mass is 16.5. The van der Waals surface area contributed by atoms with Gasteiger partial charge in [0.25, 0.3) is 5.91 Å². The molecule has 7 nitrogen and oxygen atoms in total. The number of hydrogen-bond donors (Lipinski definition) is 3. The molecule has 3 aromatic rings. The lowest BCUT2D eigenvalue weighted by Crippen LogP contribution is -2.48. The first-order chi connectivity index (χ1) is 17.5. The standard InChI is InChI=1S/C29H29N3O4/c1-36-29(35)20-11-9-19(10-12-20)27(33)31-23-14-13-21-16-26(30-17-22(21)15-23)28(34)32-25-8-4-6-18-5-2-3-7-24(18)25/h2-3,5,7,9-15,25-26,30H,4,6,8,16-17H2,1H3,(H,31,33)(H,32,34)/t25-,26?/m1/s1. The third kappa shape index (κ3) is 5.02. The van der Waals surface area contributed by atoms with Gasteiger partial charge in [-0.15, -0.1) is 0 Å². The van der Waals surface area contributed by atoms with E-state index in [1.54, 1.807) is 24.3 Å². The van der Waals surface area contributed by atoms with Crippen LogP contribution in [0, 0.1) is 0 Å². The first kappa shape index (κ1) is 23.8. The van der Waals surface area contributed by atoms with Gasteiger partial charge in [0.15, 0.2) is 0 Å². The van der Waals surface area contributed by atoms with Crippen molar-refractivity contribution in [1.82, 2.24) is 10.6 Å². The predicted octanol–water partition coefficient (Wildman–Crippen LogP) is 3.93. The summed E-state index contributed by atoms with van der Waals surface area (Å²) >= 11 is 0. The molecule has 1 aliphatic heterocycles. The monoisotopic (exact) mass is 483 g/mol. The molecule has 1 aliphatic carbocycles. The quantitative estimate of drug-likeness (QED) is 0.478. The van der Waals surface area contributed by atoms with Gasteiger partial charge < -0.3 is 20.7 Å². The average molecular weight is 484 g/mol. The maximum Gasteiger partial charge on any atom is 0.337 e. The van der Waals surface area contributed by atoms with Crippen LogP contribution in [0.1, 0.15) is 61.9 Å². The second kappa shape index (κ2) is 10.3. The molecule has 0 saturated carbocycles. The van der Waals surface area contributed by atoms with Crippen LogP contribution in [0.5, 0.6) is 0 Å². The molecule has 0 spiro atoms. The number of rotatable bonds is 5. The van der Waals surface area contributed by atoms with Crippen molar-refractivity contribution in [3.05, 3.63) is 100 Å². The largest absolute Gasteiger partial charge is 0.465 e. The first-order valence-electron chi connectivity index (χ1n) is 12.2. The third-order valence-corrected chi connectivity index (χ3v) is 7.00. The normalized spacial score (nSPS) is 18.4. The SMILES string of the molecule is COC(=O)c1ccc(C(=O)Nc2ccc3c(c2)CNC(C(=O)N[C@@H]2CCCc4ccccc42)C3)cc1. The number of amides is 2. The van der Waals surface area contributed by atoms with Gasteiger partial charge in [-0.1, -0.05) is 30.3 Å². The van der Waals surface area contributed by atoms with Crippen LogP contribution >= 0.6 is 0 Å². The molecule has 5 rings (SSSR count). The highest BCUT2D eigenvalue weighted by Gasteiger charge is 2.28. The molecule has 0 fully saturated rings. The molecule has 0 saturated heterocycles. The topological polar surface area (TPSA) is 96.5 Å². The van der Waals surface area contributed by atoms with Crippen LogP contribution in [-0.2, 0) is 28.9 Å². The highest BCUT2D eigenvalue weighted by molar-refractivity contribution is 6.04. The molecule has 0 bridgehead atoms. The first-order valence-corrected chi connectivity index (χ1v) is 12.2. The Kier molecular flexibility index (Phi) is 6.82. The molecule has 2 aliphatic rings. The second-order valence-corrected chi connectivity index (χ2v) is 9.30. The Labute approximate surface area is 210 Å². The minimum absolute atomic E-state index is 0.0233. The van der Waals surface area contributed by atoms with Gasteiger partial charge >= 0.3 is 5.97 Å². The lowest BCUT2D eigenvalue weighted by Gasteiger charge is -2.30. The number of ether oxygens (including phenoxy) is 1. The van der Waals surface area contributed by atoms with E-state index in [2.05, 4.69) is 38.9 Å². The van der Waals surface area contributed by atoms with E-state index in [0.717, 1.165) is 30.4 Å². The molecule has 1 heterocycles. The zero-order valence-corrected chi connectivity index (χ0v) is 20.2. The van der Waals surface area contributed by atoms with Gasteiger partial charge in [0.05, 0.1) is 24.8 Å². The summed E-state index contributed by atoms with van der Waals surface area (Å²) in [6.07, 6.45) is 3.70. The maximum absolute atomic E-state index is 13.1. The maximum atomic E-state index is 13.1. The number of hydrogen-bond acceptors (Lipinski definition) is 5. The van der Waals surface area contributed by atoms with E-state index in [1.807, 2.05) is 24.3 Å². The van der Waals surface area contributed by atoms with Gasteiger partial charge in [-0.05, 0) is 84.3 Å². The Hall–Kier alpha value is -3.97. The Bertz CT molecular complexity index is 1300. The van der Waals surface area contributed by atoms with Crippen molar-refractivity contribution in [3.63, 3.8) is 0 Å². The summed E-state index contributed by atoms with van der Waals surface area (Å²) in [5.41, 5.74) is 6.22. The summed E-state index contributed by atoms with van der Waals surface area (Å²) in [5, 5.41) is 9.52. The zero-order chi connectivity index (χ0) is 25.1. The van der Waals surface area contributed by atoms with Gasteiger partial charge in [0, 0.05) is 17.8 Å². The van der Waals surface area contributed by atoms with Gasteiger partial charge in [-0.2, -0.15) is 0 Å². The summed E-state index contributed by atoms with van der Waals surface area (Å²) in [7, 11) is 1.32. The van der Waals surface area contributed by atoms with Gasteiger partial charge in [-0.25, -0.2) is 4.79 Å². The Morgan fingerprint density at radius 3 is 2.50 bits per heavy atom. The molecule has 3 aromatic carbocycles. The van der Waals surface area contributed by atoms with E-state index >= 15 is 0 Å². The molecule has 2 atom stereocenters. The molecule has 7 heteroatoms. The smallest absolute Gasteiger partial charge is 0.337 e. The molecule has 1 unspecified atom stereocenters. The Morgan fingerprint density at radius 1 is 0.917 bits per heavy atom. The van der Waals surface area contributed by atoms with Crippen LogP contribution in [0.4, 0.5) is 5.69 Å². The number of esters is 1. The van der Waals surface area contributed by atoms with Crippen molar-refractivity contribution in [3.8, 4) is 0 Å². The van der Waals surface area contributed by atoms with Gasteiger partial charge in [-0.3, -0.25) is 9.59 Å². The molecular weight excluding hydrogens is 454 g/mol. The van der Waals surface area contributed by atoms with Crippen molar-refractivity contribution < 1.29 is 19.1 Å². The van der Waals surface area contributed by atoms with Gasteiger partial charge in [0.1, 0.15) is 0 Å². The molecule has 2 amide bonds. The molecule has 0 radical (unpaired) electrons. The van der Waals surface area contributed by atoms with Crippen molar-refractivity contribution >= 4 is 23.5 Å². The van der Waals surface area contributed by atoms with Crippen LogP contribution in [0.25, 0.3) is 0 Å². The third-order valence-electron chi connectivity index (χ3n) is 7.00. The Morgan fingerprint density at radius 2 is 1.69 bits per heavy atom. The number of fused-ring (bicyclic) bond motifs is 2. The number of aryl methyl sites for hydroxylation is 1. The lowest BCUT2D eigenvalue weighted by atomic mass is 9.87. The van der Waals surface area contributed by atoms with E-state index in [9.17, 15) is 14.4 Å². The van der Waals surface area contributed by atoms with Crippen molar-refractivity contribution in [1.29, 1.82) is 0 Å². The number of nitrogens with one attached hydrogen (secondary N) is 3. The molecule has 184 valence electrons. The minimum Gasteiger partial charge on any atom is -0.465 e. The Balaban J connectivity index is 1.21. The zero-order valence-electron chi connectivity index (χ0n) is 20.2. The average Bonchev–Trinajstić information content (AvgIpc) is 2.92. The number of methoxy groups -OCH3 is 1. The van der Waals surface area contributed by atoms with Crippen molar-refractivity contribution in [2.24, 2.45) is 0 Å². The fourth-order valence-corrected chi connectivity index (χ4v) is 5.03. The summed E-state index contributed by atoms with van der Waals surface area (Å²) < 4.78 is 4.69. The molecular formula is C29H29N3O4. The van der Waals surface area contributed by atoms with Crippen LogP contribution in [0.15, 0.2) is 66.7 Å². The number of carbonyl (C=O) groups is 3. The molecule has 0 aromatic heterocycles. The van der Waals surface area contributed by atoms with E-state index in [-0.39, 0.29) is 23.9 Å². The van der Waals surface area contributed by atoms with Gasteiger partial charge in [0.2, 0.25) is 5.91 Å². The molecule has 3 N–H and O–H groups in total. The summed E-state index contributed by atoms with van der Waals surface area (Å²) in [6, 6.07) is 20.2. The van der Waals surface area contributed by atoms with E-state index in [0.29, 0.717) is 29.8 Å². The van der Waals surface area contributed by atoms with Crippen LogP contribution in [0.3, 0.4) is 0 Å². The lowest BCUT2D eigenvalue weighted by molar-refractivity contribution is -0.124. The van der Waals surface area contributed by atoms with Crippen molar-refractivity contribution in [2.45, 2.75) is 44.3 Å². The minimum atomic E-state index is -0.445. The number of benzene rings is 3. The summed E-state index contributed by atoms with van der Waals surface area (Å²) in [4.78, 5) is 37.3. The predicted molar refractivity (Wildman–Crippen MR) is 137 cm³/mol. The van der Waals surface area contributed by atoms with Crippen LogP contribution in [0.2, 0.25) is 0 Å². The van der Waals surface area contributed by atoms with E-state index in [1.165, 1.54) is 18.2 Å². The number of anilines is 1. The van der Waals surface area contributed by atoms with Crippen LogP contribution < -0.4 is 16.0 Å². The van der Waals surface area contributed by atoms with E-state index < -0.39 is 5.97 Å².